The van der Waals surface area contributed by atoms with Crippen LogP contribution in [-0.2, 0) is 20.8 Å². The molecule has 0 spiro atoms. The third-order valence-corrected chi connectivity index (χ3v) is 5.86. The molecule has 8 heteroatoms. The van der Waals surface area contributed by atoms with Gasteiger partial charge in [0.2, 0.25) is 5.91 Å². The number of benzene rings is 1. The predicted molar refractivity (Wildman–Crippen MR) is 99.1 cm³/mol. The lowest BCUT2D eigenvalue weighted by molar-refractivity contribution is -0.150. The van der Waals surface area contributed by atoms with Crippen LogP contribution in [0.15, 0.2) is 35.5 Å². The molecule has 1 saturated heterocycles. The lowest BCUT2D eigenvalue weighted by atomic mass is 9.97. The van der Waals surface area contributed by atoms with Crippen LogP contribution in [0.1, 0.15) is 19.4 Å². The van der Waals surface area contributed by atoms with Crippen molar-refractivity contribution >= 4 is 35.2 Å². The van der Waals surface area contributed by atoms with Crippen LogP contribution in [0, 0.1) is 5.92 Å². The van der Waals surface area contributed by atoms with Crippen molar-refractivity contribution in [3.8, 4) is 0 Å². The fourth-order valence-corrected chi connectivity index (χ4v) is 4.69. The number of nitrogens with one attached hydrogen (secondary N) is 1. The van der Waals surface area contributed by atoms with Gasteiger partial charge in [-0.1, -0.05) is 26.0 Å². The molecule has 3 rings (SSSR count). The van der Waals surface area contributed by atoms with Gasteiger partial charge < -0.3 is 16.2 Å². The monoisotopic (exact) mass is 375 g/mol. The van der Waals surface area contributed by atoms with Gasteiger partial charge in [0.25, 0.3) is 5.91 Å². The Bertz CT molecular complexity index is 788. The highest BCUT2D eigenvalue weighted by molar-refractivity contribution is 8.00. The number of carbonyl (C=O) groups excluding carboxylic acids is 2. The summed E-state index contributed by atoms with van der Waals surface area (Å²) in [6, 6.07) is 6.27. The van der Waals surface area contributed by atoms with E-state index in [1.54, 1.807) is 24.3 Å². The van der Waals surface area contributed by atoms with E-state index in [0.29, 0.717) is 11.4 Å². The highest BCUT2D eigenvalue weighted by Gasteiger charge is 2.54. The number of nitrogens with two attached hydrogens (primary N) is 1. The number of aliphatic carboxylic acids is 1. The van der Waals surface area contributed by atoms with Crippen LogP contribution in [0.25, 0.3) is 0 Å². The van der Waals surface area contributed by atoms with Gasteiger partial charge in [0.1, 0.15) is 17.1 Å². The van der Waals surface area contributed by atoms with Crippen molar-refractivity contribution in [3.63, 3.8) is 0 Å². The van der Waals surface area contributed by atoms with Crippen LogP contribution in [-0.4, -0.2) is 45.0 Å². The van der Waals surface area contributed by atoms with Crippen LogP contribution in [0.3, 0.4) is 0 Å². The smallest absolute Gasteiger partial charge is 0.352 e. The number of nitrogens with zero attached hydrogens (tertiary/aromatic N) is 1. The van der Waals surface area contributed by atoms with Gasteiger partial charge in [0.15, 0.2) is 0 Å². The summed E-state index contributed by atoms with van der Waals surface area (Å²) < 4.78 is 0. The minimum absolute atomic E-state index is 0.0431. The quantitative estimate of drug-likeness (QED) is 0.527. The maximum atomic E-state index is 12.5. The largest absolute Gasteiger partial charge is 0.477 e. The molecule has 4 N–H and O–H groups in total. The summed E-state index contributed by atoms with van der Waals surface area (Å²) in [5.74, 6) is -1.16. The molecule has 2 atom stereocenters. The molecule has 0 radical (unpaired) electrons. The molecule has 2 heterocycles. The van der Waals surface area contributed by atoms with Crippen molar-refractivity contribution in [2.75, 3.05) is 11.5 Å². The van der Waals surface area contributed by atoms with E-state index in [0.717, 1.165) is 11.1 Å². The maximum Gasteiger partial charge on any atom is 0.352 e. The average molecular weight is 375 g/mol. The molecule has 1 aromatic carbocycles. The number of carboxylic acid groups (broad SMARTS) is 1. The van der Waals surface area contributed by atoms with E-state index in [4.69, 9.17) is 5.73 Å². The Labute approximate surface area is 155 Å². The van der Waals surface area contributed by atoms with Crippen molar-refractivity contribution in [3.05, 3.63) is 41.1 Å². The number of amides is 2. The van der Waals surface area contributed by atoms with Gasteiger partial charge in [-0.25, -0.2) is 4.79 Å². The molecule has 0 bridgehead atoms. The number of rotatable bonds is 5. The van der Waals surface area contributed by atoms with E-state index in [9.17, 15) is 19.5 Å². The molecule has 2 amide bonds. The molecule has 7 nitrogen and oxygen atoms in total. The minimum Gasteiger partial charge on any atom is -0.477 e. The first-order valence-corrected chi connectivity index (χ1v) is 9.39. The average Bonchev–Trinajstić information content (AvgIpc) is 2.60. The van der Waals surface area contributed by atoms with Crippen molar-refractivity contribution in [1.82, 2.24) is 10.2 Å². The van der Waals surface area contributed by atoms with Crippen molar-refractivity contribution in [1.29, 1.82) is 0 Å². The Morgan fingerprint density at radius 1 is 1.35 bits per heavy atom. The van der Waals surface area contributed by atoms with Gasteiger partial charge in [-0.2, -0.15) is 0 Å². The van der Waals surface area contributed by atoms with E-state index in [1.807, 2.05) is 13.8 Å². The number of nitrogen functional groups attached to an aromatic ring is 1. The highest BCUT2D eigenvalue weighted by atomic mass is 32.2. The zero-order valence-electron chi connectivity index (χ0n) is 14.6. The Kier molecular flexibility index (Phi) is 4.95. The van der Waals surface area contributed by atoms with E-state index < -0.39 is 12.0 Å². The van der Waals surface area contributed by atoms with Gasteiger partial charge in [-0.05, 0) is 29.2 Å². The second kappa shape index (κ2) is 7.03. The van der Waals surface area contributed by atoms with E-state index >= 15 is 0 Å². The molecule has 2 aliphatic heterocycles. The van der Waals surface area contributed by atoms with E-state index in [1.165, 1.54) is 16.7 Å². The molecule has 0 saturated carbocycles. The first kappa shape index (κ1) is 18.3. The fourth-order valence-electron chi connectivity index (χ4n) is 3.13. The zero-order chi connectivity index (χ0) is 19.0. The summed E-state index contributed by atoms with van der Waals surface area (Å²) >= 11 is 1.49. The Hall–Kier alpha value is -2.48. The van der Waals surface area contributed by atoms with Crippen LogP contribution in [0.5, 0.6) is 0 Å². The van der Waals surface area contributed by atoms with Crippen LogP contribution in [0.4, 0.5) is 5.69 Å². The van der Waals surface area contributed by atoms with E-state index in [2.05, 4.69) is 5.32 Å². The first-order valence-electron chi connectivity index (χ1n) is 8.34. The van der Waals surface area contributed by atoms with Gasteiger partial charge in [0.05, 0.1) is 6.42 Å². The molecule has 138 valence electrons. The number of β-lactam (4-membered cyclic amide) rings is 1. The molecule has 26 heavy (non-hydrogen) atoms. The number of anilines is 1. The van der Waals surface area contributed by atoms with Crippen LogP contribution in [0.2, 0.25) is 0 Å². The standard InChI is InChI=1S/C18H21N3O4S/c1-9(2)12-8-26-17-14(16(23)21(17)15(12)18(24)25)20-13(22)7-10-3-5-11(19)6-4-10/h3-6,9,14,17H,7-8,19H2,1-2H3,(H,20,22)(H,24,25)/t14?,17-/m1/s1. The summed E-state index contributed by atoms with van der Waals surface area (Å²) in [5.41, 5.74) is 7.85. The summed E-state index contributed by atoms with van der Waals surface area (Å²) in [6.45, 7) is 3.82. The molecular formula is C18H21N3O4S. The second-order valence-corrected chi connectivity index (χ2v) is 7.81. The normalized spacial score (nSPS) is 22.1. The minimum atomic E-state index is -1.10. The molecule has 1 fully saturated rings. The van der Waals surface area contributed by atoms with Crippen molar-refractivity contribution in [2.24, 2.45) is 5.92 Å². The summed E-state index contributed by atoms with van der Waals surface area (Å²) in [4.78, 5) is 37.7. The summed E-state index contributed by atoms with van der Waals surface area (Å²) in [7, 11) is 0. The fraction of sp³-hybridized carbons (Fsp3) is 0.389. The Morgan fingerprint density at radius 3 is 2.58 bits per heavy atom. The molecule has 1 aromatic rings. The highest BCUT2D eigenvalue weighted by Crippen LogP contribution is 2.42. The number of thioether (sulfide) groups is 1. The summed E-state index contributed by atoms with van der Waals surface area (Å²) in [5, 5.41) is 11.9. The van der Waals surface area contributed by atoms with Gasteiger partial charge in [-0.15, -0.1) is 11.8 Å². The van der Waals surface area contributed by atoms with E-state index in [-0.39, 0.29) is 35.2 Å². The second-order valence-electron chi connectivity index (χ2n) is 6.71. The molecule has 1 unspecified atom stereocenters. The van der Waals surface area contributed by atoms with Gasteiger partial charge in [-0.3, -0.25) is 14.5 Å². The van der Waals surface area contributed by atoms with Crippen molar-refractivity contribution < 1.29 is 19.5 Å². The van der Waals surface area contributed by atoms with Crippen LogP contribution < -0.4 is 11.1 Å². The Balaban J connectivity index is 1.69. The third-order valence-electron chi connectivity index (χ3n) is 4.56. The predicted octanol–water partition coefficient (Wildman–Crippen LogP) is 1.21. The molecular weight excluding hydrogens is 354 g/mol. The number of hydrogen-bond donors (Lipinski definition) is 3. The molecule has 0 aromatic heterocycles. The number of carboxylic acids is 1. The topological polar surface area (TPSA) is 113 Å². The number of hydrogen-bond acceptors (Lipinski definition) is 5. The SMILES string of the molecule is CC(C)C1=C(C(=O)O)N2C(=O)C(NC(=O)Cc3ccc(N)cc3)[C@H]2SC1. The van der Waals surface area contributed by atoms with Gasteiger partial charge in [0, 0.05) is 11.4 Å². The van der Waals surface area contributed by atoms with Crippen LogP contribution >= 0.6 is 11.8 Å². The number of carbonyl (C=O) groups is 3. The summed E-state index contributed by atoms with van der Waals surface area (Å²) in [6.07, 6.45) is 0.139. The lowest BCUT2D eigenvalue weighted by Gasteiger charge is -2.50. The molecule has 0 aliphatic carbocycles. The Morgan fingerprint density at radius 2 is 2.00 bits per heavy atom. The third kappa shape index (κ3) is 3.29. The van der Waals surface area contributed by atoms with Gasteiger partial charge >= 0.3 is 5.97 Å². The zero-order valence-corrected chi connectivity index (χ0v) is 15.4. The lowest BCUT2D eigenvalue weighted by Crippen LogP contribution is -2.70. The van der Waals surface area contributed by atoms with Crippen molar-refractivity contribution in [2.45, 2.75) is 31.7 Å². The molecule has 2 aliphatic rings. The first-order chi connectivity index (χ1) is 12.3. The number of fused-ring (bicyclic) bond motifs is 1. The maximum absolute atomic E-state index is 12.5.